The van der Waals surface area contributed by atoms with Crippen LogP contribution in [0.2, 0.25) is 0 Å². The second-order valence-corrected chi connectivity index (χ2v) is 7.71. The number of hydrogen-bond acceptors (Lipinski definition) is 6. The molecule has 0 bridgehead atoms. The lowest BCUT2D eigenvalue weighted by atomic mass is 10.2. The summed E-state index contributed by atoms with van der Waals surface area (Å²) >= 11 is 0. The average Bonchev–Trinajstić information content (AvgIpc) is 3.39. The molecule has 162 valence electrons. The molecule has 3 N–H and O–H groups in total. The number of nitrogens with zero attached hydrogens (tertiary/aromatic N) is 3. The van der Waals surface area contributed by atoms with Crippen molar-refractivity contribution in [3.8, 4) is 5.88 Å². The third-order valence-corrected chi connectivity index (χ3v) is 4.62. The Morgan fingerprint density at radius 3 is 2.77 bits per heavy atom. The van der Waals surface area contributed by atoms with E-state index in [-0.39, 0.29) is 23.4 Å². The number of nitrogens with one attached hydrogen (secondary N) is 2. The molecule has 2 amide bonds. The summed E-state index contributed by atoms with van der Waals surface area (Å²) in [6.45, 7) is 4.96. The molecule has 0 radical (unpaired) electrons. The van der Waals surface area contributed by atoms with Crippen molar-refractivity contribution >= 4 is 23.5 Å². The van der Waals surface area contributed by atoms with Crippen molar-refractivity contribution in [3.05, 3.63) is 33.8 Å². The number of carbonyl (C=O) groups excluding carboxylic acids is 2. The third-order valence-electron chi connectivity index (χ3n) is 4.62. The van der Waals surface area contributed by atoms with Crippen molar-refractivity contribution in [2.45, 2.75) is 39.3 Å². The maximum atomic E-state index is 13.1. The van der Waals surface area contributed by atoms with Crippen molar-refractivity contribution in [2.75, 3.05) is 20.3 Å². The first-order chi connectivity index (χ1) is 14.3. The smallest absolute Gasteiger partial charge is 0.270 e. The summed E-state index contributed by atoms with van der Waals surface area (Å²) in [5, 5.41) is 20.2. The number of ether oxygens (including phenoxy) is 1. The van der Waals surface area contributed by atoms with Gasteiger partial charge in [0, 0.05) is 37.9 Å². The van der Waals surface area contributed by atoms with Crippen LogP contribution in [-0.4, -0.2) is 57.4 Å². The van der Waals surface area contributed by atoms with Crippen molar-refractivity contribution in [2.24, 2.45) is 5.92 Å². The van der Waals surface area contributed by atoms with Gasteiger partial charge in [-0.15, -0.1) is 0 Å². The average molecular weight is 417 g/mol. The van der Waals surface area contributed by atoms with Gasteiger partial charge in [0.2, 0.25) is 11.8 Å². The van der Waals surface area contributed by atoms with Crippen LogP contribution in [0.3, 0.4) is 0 Å². The Morgan fingerprint density at radius 2 is 2.13 bits per heavy atom. The number of fused-ring (bicyclic) bond motifs is 1. The van der Waals surface area contributed by atoms with Crippen molar-refractivity contribution in [1.29, 1.82) is 0 Å². The molecule has 10 nitrogen and oxygen atoms in total. The normalized spacial score (nSPS) is 14.0. The maximum Gasteiger partial charge on any atom is 0.270 e. The third kappa shape index (κ3) is 4.70. The molecular formula is C20H27N5O5. The van der Waals surface area contributed by atoms with E-state index in [0.717, 1.165) is 17.4 Å². The Bertz CT molecular complexity index is 1030. The van der Waals surface area contributed by atoms with Gasteiger partial charge in [-0.05, 0) is 24.8 Å². The monoisotopic (exact) mass is 417 g/mol. The number of rotatable bonds is 9. The molecule has 0 saturated heterocycles. The van der Waals surface area contributed by atoms with E-state index in [4.69, 9.17) is 4.74 Å². The first kappa shape index (κ1) is 21.6. The van der Waals surface area contributed by atoms with Crippen LogP contribution in [0.1, 0.15) is 42.6 Å². The molecule has 0 aliphatic heterocycles. The van der Waals surface area contributed by atoms with Crippen molar-refractivity contribution in [1.82, 2.24) is 24.8 Å². The van der Waals surface area contributed by atoms with Gasteiger partial charge in [0.25, 0.3) is 11.5 Å². The molecule has 0 atom stereocenters. The molecule has 0 spiro atoms. The van der Waals surface area contributed by atoms with E-state index in [2.05, 4.69) is 15.7 Å². The topological polar surface area (TPSA) is 127 Å². The SMILES string of the molecule is COCCNC(=O)C=Cc1cnn2c(O)c(C(=O)NC3CC3)c(=O)n(CC(C)C)c12. The number of methoxy groups -OCH3 is 1. The van der Waals surface area contributed by atoms with Gasteiger partial charge in [-0.1, -0.05) is 13.8 Å². The minimum absolute atomic E-state index is 0.0401. The Labute approximate surface area is 173 Å². The lowest BCUT2D eigenvalue weighted by molar-refractivity contribution is -0.116. The predicted octanol–water partition coefficient (Wildman–Crippen LogP) is 0.526. The van der Waals surface area contributed by atoms with Gasteiger partial charge in [-0.3, -0.25) is 19.0 Å². The van der Waals surface area contributed by atoms with Gasteiger partial charge in [0.15, 0.2) is 5.56 Å². The highest BCUT2D eigenvalue weighted by atomic mass is 16.5. The number of carbonyl (C=O) groups is 2. The second-order valence-electron chi connectivity index (χ2n) is 7.71. The fourth-order valence-corrected chi connectivity index (χ4v) is 3.05. The number of amides is 2. The van der Waals surface area contributed by atoms with E-state index in [1.54, 1.807) is 7.11 Å². The van der Waals surface area contributed by atoms with Gasteiger partial charge in [-0.2, -0.15) is 9.61 Å². The van der Waals surface area contributed by atoms with Crippen LogP contribution in [0.5, 0.6) is 5.88 Å². The lowest BCUT2D eigenvalue weighted by Gasteiger charge is -2.15. The zero-order chi connectivity index (χ0) is 21.8. The van der Waals surface area contributed by atoms with Crippen LogP contribution in [0, 0.1) is 5.92 Å². The van der Waals surface area contributed by atoms with Crippen LogP contribution >= 0.6 is 0 Å². The predicted molar refractivity (Wildman–Crippen MR) is 110 cm³/mol. The molecule has 0 aromatic carbocycles. The molecule has 1 saturated carbocycles. The summed E-state index contributed by atoms with van der Waals surface area (Å²) in [6, 6.07) is 0.0401. The standard InChI is InChI=1S/C20H27N5O5/c1-12(2)11-24-18-13(4-7-15(26)21-8-9-30-3)10-22-25(18)20(29)16(19(24)28)17(27)23-14-5-6-14/h4,7,10,12,14,29H,5-6,8-9,11H2,1-3H3,(H,21,26)(H,23,27). The first-order valence-electron chi connectivity index (χ1n) is 9.92. The molecule has 1 fully saturated rings. The van der Waals surface area contributed by atoms with E-state index in [1.807, 2.05) is 13.8 Å². The van der Waals surface area contributed by atoms with Crippen LogP contribution in [-0.2, 0) is 16.1 Å². The van der Waals surface area contributed by atoms with Crippen LogP contribution in [0.4, 0.5) is 0 Å². The Morgan fingerprint density at radius 1 is 1.40 bits per heavy atom. The maximum absolute atomic E-state index is 13.1. The largest absolute Gasteiger partial charge is 0.492 e. The summed E-state index contributed by atoms with van der Waals surface area (Å²) in [5.74, 6) is -1.35. The lowest BCUT2D eigenvalue weighted by Crippen LogP contribution is -2.36. The highest BCUT2D eigenvalue weighted by Gasteiger charge is 2.29. The fourth-order valence-electron chi connectivity index (χ4n) is 3.05. The summed E-state index contributed by atoms with van der Waals surface area (Å²) in [4.78, 5) is 37.6. The molecule has 2 aromatic rings. The quantitative estimate of drug-likeness (QED) is 0.403. The molecule has 1 aliphatic carbocycles. The molecule has 1 aliphatic rings. The Balaban J connectivity index is 2.03. The van der Waals surface area contributed by atoms with E-state index in [0.29, 0.717) is 30.9 Å². The molecule has 2 aromatic heterocycles. The molecule has 0 unspecified atom stereocenters. The molecule has 10 heteroatoms. The van der Waals surface area contributed by atoms with Gasteiger partial charge in [0.05, 0.1) is 12.8 Å². The van der Waals surface area contributed by atoms with Crippen LogP contribution in [0.15, 0.2) is 17.1 Å². The first-order valence-corrected chi connectivity index (χ1v) is 9.92. The van der Waals surface area contributed by atoms with E-state index in [9.17, 15) is 19.5 Å². The second kappa shape index (κ2) is 9.12. The van der Waals surface area contributed by atoms with Gasteiger partial charge in [0.1, 0.15) is 5.65 Å². The Kier molecular flexibility index (Phi) is 6.56. The van der Waals surface area contributed by atoms with Crippen LogP contribution in [0.25, 0.3) is 11.7 Å². The number of aromatic nitrogens is 3. The van der Waals surface area contributed by atoms with E-state index < -0.39 is 17.3 Å². The Hall–Kier alpha value is -3.14. The van der Waals surface area contributed by atoms with Crippen molar-refractivity contribution in [3.63, 3.8) is 0 Å². The van der Waals surface area contributed by atoms with Crippen LogP contribution < -0.4 is 16.2 Å². The van der Waals surface area contributed by atoms with E-state index >= 15 is 0 Å². The highest BCUT2D eigenvalue weighted by Crippen LogP contribution is 2.23. The fraction of sp³-hybridized carbons (Fsp3) is 0.500. The molecule has 30 heavy (non-hydrogen) atoms. The van der Waals surface area contributed by atoms with Gasteiger partial charge in [-0.25, -0.2) is 0 Å². The van der Waals surface area contributed by atoms with Crippen molar-refractivity contribution < 1.29 is 19.4 Å². The molecular weight excluding hydrogens is 390 g/mol. The molecule has 3 rings (SSSR count). The molecule has 2 heterocycles. The minimum Gasteiger partial charge on any atom is -0.492 e. The zero-order valence-corrected chi connectivity index (χ0v) is 17.3. The highest BCUT2D eigenvalue weighted by molar-refractivity contribution is 5.97. The number of aromatic hydroxyl groups is 1. The van der Waals surface area contributed by atoms with Gasteiger partial charge < -0.3 is 20.5 Å². The summed E-state index contributed by atoms with van der Waals surface area (Å²) in [6.07, 6.45) is 5.99. The number of hydrogen-bond donors (Lipinski definition) is 3. The van der Waals surface area contributed by atoms with E-state index in [1.165, 1.54) is 22.9 Å². The zero-order valence-electron chi connectivity index (χ0n) is 17.3. The summed E-state index contributed by atoms with van der Waals surface area (Å²) in [7, 11) is 1.54. The minimum atomic E-state index is -0.607. The summed E-state index contributed by atoms with van der Waals surface area (Å²) < 4.78 is 7.47. The summed E-state index contributed by atoms with van der Waals surface area (Å²) in [5.41, 5.74) is -0.133. The van der Waals surface area contributed by atoms with Gasteiger partial charge >= 0.3 is 0 Å².